The number of nitrogens with one attached hydrogen (secondary N) is 1. The van der Waals surface area contributed by atoms with Gasteiger partial charge in [-0.05, 0) is 44.7 Å². The van der Waals surface area contributed by atoms with Crippen LogP contribution in [0.5, 0.6) is 0 Å². The molecular formula is C20H26N2O4. The van der Waals surface area contributed by atoms with Crippen LogP contribution in [-0.2, 0) is 20.8 Å². The fourth-order valence-corrected chi connectivity index (χ4v) is 4.20. The molecule has 2 aliphatic rings. The van der Waals surface area contributed by atoms with Gasteiger partial charge in [-0.15, -0.1) is 0 Å². The first-order valence-corrected chi connectivity index (χ1v) is 9.34. The van der Waals surface area contributed by atoms with Crippen molar-refractivity contribution in [3.8, 4) is 0 Å². The number of anilines is 1. The maximum atomic E-state index is 13.3. The summed E-state index contributed by atoms with van der Waals surface area (Å²) in [4.78, 5) is 38.8. The van der Waals surface area contributed by atoms with Crippen molar-refractivity contribution in [1.29, 1.82) is 0 Å². The molecule has 1 saturated carbocycles. The number of aliphatic carboxylic acids is 1. The van der Waals surface area contributed by atoms with Gasteiger partial charge >= 0.3 is 5.97 Å². The van der Waals surface area contributed by atoms with E-state index < -0.39 is 23.8 Å². The number of hydrogen-bond donors (Lipinski definition) is 2. The Hall–Kier alpha value is -2.37. The molecule has 6 heteroatoms. The maximum absolute atomic E-state index is 13.3. The molecule has 2 N–H and O–H groups in total. The molecule has 0 bridgehead atoms. The van der Waals surface area contributed by atoms with E-state index in [9.17, 15) is 14.4 Å². The van der Waals surface area contributed by atoms with Crippen molar-refractivity contribution in [1.82, 2.24) is 5.32 Å². The highest BCUT2D eigenvalue weighted by Crippen LogP contribution is 2.38. The largest absolute Gasteiger partial charge is 0.480 e. The molecule has 0 saturated heterocycles. The smallest absolute Gasteiger partial charge is 0.325 e. The van der Waals surface area contributed by atoms with Gasteiger partial charge in [0.25, 0.3) is 0 Å². The zero-order valence-corrected chi connectivity index (χ0v) is 15.3. The Kier molecular flexibility index (Phi) is 5.30. The van der Waals surface area contributed by atoms with Gasteiger partial charge in [0.15, 0.2) is 0 Å². The van der Waals surface area contributed by atoms with Crippen LogP contribution in [0.4, 0.5) is 5.69 Å². The Morgan fingerprint density at radius 2 is 1.81 bits per heavy atom. The lowest BCUT2D eigenvalue weighted by molar-refractivity contribution is -0.143. The normalized spacial score (nSPS) is 26.1. The highest BCUT2D eigenvalue weighted by Gasteiger charge is 2.41. The van der Waals surface area contributed by atoms with E-state index in [4.69, 9.17) is 5.11 Å². The number of hydrogen-bond acceptors (Lipinski definition) is 3. The van der Waals surface area contributed by atoms with Crippen molar-refractivity contribution in [2.45, 2.75) is 58.0 Å². The second-order valence-corrected chi connectivity index (χ2v) is 7.46. The fourth-order valence-electron chi connectivity index (χ4n) is 4.20. The van der Waals surface area contributed by atoms with Crippen LogP contribution in [0.2, 0.25) is 0 Å². The van der Waals surface area contributed by atoms with E-state index in [1.807, 2.05) is 36.1 Å². The van der Waals surface area contributed by atoms with Crippen molar-refractivity contribution in [2.75, 3.05) is 4.90 Å². The van der Waals surface area contributed by atoms with E-state index in [1.54, 1.807) is 0 Å². The summed E-state index contributed by atoms with van der Waals surface area (Å²) < 4.78 is 0. The molecule has 3 rings (SSSR count). The minimum Gasteiger partial charge on any atom is -0.480 e. The van der Waals surface area contributed by atoms with Gasteiger partial charge in [0.05, 0.1) is 5.92 Å². The molecule has 4 atom stereocenters. The number of amides is 2. The summed E-state index contributed by atoms with van der Waals surface area (Å²) in [5.74, 6) is -2.25. The lowest BCUT2D eigenvalue weighted by Gasteiger charge is -2.34. The summed E-state index contributed by atoms with van der Waals surface area (Å²) in [5.41, 5.74) is 2.10. The van der Waals surface area contributed by atoms with Crippen molar-refractivity contribution >= 4 is 23.5 Å². The molecule has 1 heterocycles. The number of rotatable bonds is 4. The van der Waals surface area contributed by atoms with E-state index in [0.717, 1.165) is 30.5 Å². The van der Waals surface area contributed by atoms with Crippen LogP contribution in [0.15, 0.2) is 24.3 Å². The molecule has 0 spiro atoms. The zero-order chi connectivity index (χ0) is 18.8. The number of fused-ring (bicyclic) bond motifs is 1. The molecule has 1 aliphatic heterocycles. The highest BCUT2D eigenvalue weighted by atomic mass is 16.4. The summed E-state index contributed by atoms with van der Waals surface area (Å²) in [6.07, 6.45) is 3.91. The van der Waals surface area contributed by atoms with Gasteiger partial charge in [0.2, 0.25) is 11.8 Å². The van der Waals surface area contributed by atoms with Crippen molar-refractivity contribution in [3.63, 3.8) is 0 Å². The number of carboxylic acid groups (broad SMARTS) is 1. The van der Waals surface area contributed by atoms with E-state index >= 15 is 0 Å². The molecule has 3 unspecified atom stereocenters. The number of carbonyl (C=O) groups is 3. The van der Waals surface area contributed by atoms with E-state index in [0.29, 0.717) is 12.8 Å². The molecule has 0 aromatic heterocycles. The molecular weight excluding hydrogens is 332 g/mol. The van der Waals surface area contributed by atoms with Crippen LogP contribution in [0.1, 0.15) is 45.1 Å². The van der Waals surface area contributed by atoms with Gasteiger partial charge in [-0.1, -0.05) is 31.0 Å². The molecule has 1 aromatic rings. The first-order chi connectivity index (χ1) is 12.4. The second-order valence-electron chi connectivity index (χ2n) is 7.46. The van der Waals surface area contributed by atoms with Crippen LogP contribution in [0.3, 0.4) is 0 Å². The molecule has 6 nitrogen and oxygen atoms in total. The second kappa shape index (κ2) is 7.48. The van der Waals surface area contributed by atoms with Crippen LogP contribution < -0.4 is 10.2 Å². The number of para-hydroxylation sites is 1. The van der Waals surface area contributed by atoms with Crippen LogP contribution in [-0.4, -0.2) is 35.0 Å². The zero-order valence-electron chi connectivity index (χ0n) is 15.3. The van der Waals surface area contributed by atoms with E-state index in [1.165, 1.54) is 6.92 Å². The van der Waals surface area contributed by atoms with Gasteiger partial charge < -0.3 is 15.3 Å². The molecule has 26 heavy (non-hydrogen) atoms. The average molecular weight is 358 g/mol. The molecule has 1 fully saturated rings. The molecule has 2 amide bonds. The first-order valence-electron chi connectivity index (χ1n) is 9.34. The Labute approximate surface area is 153 Å². The van der Waals surface area contributed by atoms with Gasteiger partial charge in [0.1, 0.15) is 6.04 Å². The van der Waals surface area contributed by atoms with Crippen molar-refractivity contribution in [2.24, 2.45) is 11.8 Å². The van der Waals surface area contributed by atoms with Gasteiger partial charge in [-0.3, -0.25) is 14.4 Å². The van der Waals surface area contributed by atoms with Crippen molar-refractivity contribution < 1.29 is 19.5 Å². The van der Waals surface area contributed by atoms with Crippen LogP contribution in [0.25, 0.3) is 0 Å². The molecule has 1 aromatic carbocycles. The predicted molar refractivity (Wildman–Crippen MR) is 97.8 cm³/mol. The Balaban J connectivity index is 1.80. The number of carbonyl (C=O) groups excluding carboxylic acids is 2. The third-order valence-electron chi connectivity index (χ3n) is 5.59. The summed E-state index contributed by atoms with van der Waals surface area (Å²) in [6, 6.07) is 7.02. The summed E-state index contributed by atoms with van der Waals surface area (Å²) in [6.45, 7) is 3.47. The summed E-state index contributed by atoms with van der Waals surface area (Å²) in [7, 11) is 0. The number of benzene rings is 1. The highest BCUT2D eigenvalue weighted by molar-refractivity contribution is 6.00. The average Bonchev–Trinajstić information content (AvgIpc) is 2.96. The Morgan fingerprint density at radius 3 is 2.50 bits per heavy atom. The predicted octanol–water partition coefficient (Wildman–Crippen LogP) is 2.36. The standard InChI is InChI=1S/C20H26N2O4/c1-12-11-14-7-3-6-10-17(14)22(12)19(24)16-9-5-4-8-15(16)18(23)21-13(2)20(25)26/h3,6-7,10,12-13,15-16H,4-5,8-9,11H2,1-2H3,(H,21,23)(H,25,26)/t12?,13-,15?,16?/m1/s1. The van der Waals surface area contributed by atoms with Crippen molar-refractivity contribution in [3.05, 3.63) is 29.8 Å². The third kappa shape index (κ3) is 3.45. The van der Waals surface area contributed by atoms with Gasteiger partial charge in [-0.25, -0.2) is 0 Å². The Morgan fingerprint density at radius 1 is 1.15 bits per heavy atom. The van der Waals surface area contributed by atoms with Gasteiger partial charge in [0, 0.05) is 17.6 Å². The minimum atomic E-state index is -1.07. The van der Waals surface area contributed by atoms with Crippen LogP contribution >= 0.6 is 0 Å². The van der Waals surface area contributed by atoms with E-state index in [2.05, 4.69) is 5.32 Å². The monoisotopic (exact) mass is 358 g/mol. The number of nitrogens with zero attached hydrogens (tertiary/aromatic N) is 1. The molecule has 0 radical (unpaired) electrons. The SMILES string of the molecule is CC1Cc2ccccc2N1C(=O)C1CCCCC1C(=O)N[C@H](C)C(=O)O. The van der Waals surface area contributed by atoms with Crippen LogP contribution in [0, 0.1) is 11.8 Å². The summed E-state index contributed by atoms with van der Waals surface area (Å²) in [5, 5.41) is 11.6. The Bertz CT molecular complexity index is 718. The van der Waals surface area contributed by atoms with E-state index in [-0.39, 0.29) is 17.9 Å². The maximum Gasteiger partial charge on any atom is 0.325 e. The van der Waals surface area contributed by atoms with Gasteiger partial charge in [-0.2, -0.15) is 0 Å². The third-order valence-corrected chi connectivity index (χ3v) is 5.59. The lowest BCUT2D eigenvalue weighted by atomic mass is 9.77. The fraction of sp³-hybridized carbons (Fsp3) is 0.550. The summed E-state index contributed by atoms with van der Waals surface area (Å²) >= 11 is 0. The lowest BCUT2D eigenvalue weighted by Crippen LogP contribution is -2.49. The minimum absolute atomic E-state index is 0.00900. The number of carboxylic acids is 1. The first kappa shape index (κ1) is 18.4. The molecule has 1 aliphatic carbocycles. The topological polar surface area (TPSA) is 86.7 Å². The quantitative estimate of drug-likeness (QED) is 0.865. The molecule has 140 valence electrons.